The van der Waals surface area contributed by atoms with E-state index in [0.29, 0.717) is 23.3 Å². The largest absolute Gasteiger partial charge is 0.493 e. The molecule has 0 aromatic heterocycles. The first-order chi connectivity index (χ1) is 14.4. The van der Waals surface area contributed by atoms with E-state index in [-0.39, 0.29) is 11.7 Å². The van der Waals surface area contributed by atoms with E-state index in [1.807, 2.05) is 32.9 Å². The van der Waals surface area contributed by atoms with Gasteiger partial charge < -0.3 is 9.47 Å². The number of rotatable bonds is 7. The van der Waals surface area contributed by atoms with Crippen molar-refractivity contribution in [3.05, 3.63) is 65.2 Å². The second-order valence-electron chi connectivity index (χ2n) is 7.50. The Labute approximate surface area is 176 Å². The van der Waals surface area contributed by atoms with E-state index in [2.05, 4.69) is 0 Å². The van der Waals surface area contributed by atoms with E-state index in [1.54, 1.807) is 42.5 Å². The summed E-state index contributed by atoms with van der Waals surface area (Å²) in [6.07, 6.45) is 4.08. The van der Waals surface area contributed by atoms with E-state index < -0.39 is 23.8 Å². The molecule has 1 aliphatic heterocycles. The lowest BCUT2D eigenvalue weighted by Crippen LogP contribution is -2.47. The van der Waals surface area contributed by atoms with Gasteiger partial charge >= 0.3 is 5.97 Å². The van der Waals surface area contributed by atoms with Crippen LogP contribution in [-0.2, 0) is 4.79 Å². The molecule has 0 unspecified atom stereocenters. The van der Waals surface area contributed by atoms with Crippen molar-refractivity contribution in [2.45, 2.75) is 33.2 Å². The van der Waals surface area contributed by atoms with Crippen LogP contribution in [0.25, 0.3) is 6.08 Å². The number of carbonyl (C=O) groups excluding carboxylic acids is 3. The van der Waals surface area contributed by atoms with Crippen LogP contribution in [0.4, 0.5) is 0 Å². The van der Waals surface area contributed by atoms with Gasteiger partial charge in [0.15, 0.2) is 11.5 Å². The standard InChI is InChI=1S/C24H25NO5/c1-5-8-16-11-12-20(21(14-16)29-4)30-24(28)19(13-15(2)3)25-22(26)17-9-6-7-10-18(17)23(25)27/h5-12,14-15,19H,13H2,1-4H3/b8-5+/t19-/m0/s1. The molecule has 6 heteroatoms. The first-order valence-electron chi connectivity index (χ1n) is 9.86. The molecule has 0 saturated heterocycles. The van der Waals surface area contributed by atoms with Crippen LogP contribution < -0.4 is 9.47 Å². The highest BCUT2D eigenvalue weighted by Crippen LogP contribution is 2.31. The molecule has 2 amide bonds. The number of esters is 1. The van der Waals surface area contributed by atoms with Crippen LogP contribution >= 0.6 is 0 Å². The zero-order chi connectivity index (χ0) is 21.8. The first kappa shape index (κ1) is 21.3. The normalized spacial score (nSPS) is 14.4. The third-order valence-corrected chi connectivity index (χ3v) is 4.86. The summed E-state index contributed by atoms with van der Waals surface area (Å²) < 4.78 is 11.0. The summed E-state index contributed by atoms with van der Waals surface area (Å²) in [5.74, 6) is -0.936. The van der Waals surface area contributed by atoms with Crippen LogP contribution in [0, 0.1) is 5.92 Å². The summed E-state index contributed by atoms with van der Waals surface area (Å²) >= 11 is 0. The molecule has 1 heterocycles. The molecule has 2 aromatic rings. The van der Waals surface area contributed by atoms with Crippen LogP contribution in [0.2, 0.25) is 0 Å². The molecule has 1 aliphatic rings. The molecule has 0 fully saturated rings. The Bertz CT molecular complexity index is 973. The Morgan fingerprint density at radius 3 is 2.20 bits per heavy atom. The summed E-state index contributed by atoms with van der Waals surface area (Å²) in [6.45, 7) is 5.74. The van der Waals surface area contributed by atoms with Crippen molar-refractivity contribution in [1.82, 2.24) is 4.90 Å². The summed E-state index contributed by atoms with van der Waals surface area (Å²) in [5, 5.41) is 0. The molecule has 2 aromatic carbocycles. The molecular formula is C24H25NO5. The van der Waals surface area contributed by atoms with Crippen molar-refractivity contribution < 1.29 is 23.9 Å². The summed E-state index contributed by atoms with van der Waals surface area (Å²) in [7, 11) is 1.49. The highest BCUT2D eigenvalue weighted by Gasteiger charge is 2.43. The monoisotopic (exact) mass is 407 g/mol. The number of hydrogen-bond donors (Lipinski definition) is 0. The van der Waals surface area contributed by atoms with Gasteiger partial charge in [0.1, 0.15) is 6.04 Å². The van der Waals surface area contributed by atoms with Crippen LogP contribution in [0.15, 0.2) is 48.5 Å². The Kier molecular flexibility index (Phi) is 6.35. The zero-order valence-corrected chi connectivity index (χ0v) is 17.5. The summed E-state index contributed by atoms with van der Waals surface area (Å²) in [6, 6.07) is 10.7. The highest BCUT2D eigenvalue weighted by molar-refractivity contribution is 6.22. The van der Waals surface area contributed by atoms with Crippen molar-refractivity contribution in [3.8, 4) is 11.5 Å². The topological polar surface area (TPSA) is 72.9 Å². The van der Waals surface area contributed by atoms with Gasteiger partial charge in [0, 0.05) is 0 Å². The number of carbonyl (C=O) groups is 3. The maximum Gasteiger partial charge on any atom is 0.334 e. The van der Waals surface area contributed by atoms with Crippen molar-refractivity contribution >= 4 is 23.9 Å². The van der Waals surface area contributed by atoms with Gasteiger partial charge in [-0.3, -0.25) is 14.5 Å². The first-order valence-corrected chi connectivity index (χ1v) is 9.86. The SMILES string of the molecule is C/C=C/c1ccc(OC(=O)[C@H](CC(C)C)N2C(=O)c3ccccc3C2=O)c(OC)c1. The molecule has 0 N–H and O–H groups in total. The molecule has 0 saturated carbocycles. The van der Waals surface area contributed by atoms with Gasteiger partial charge in [0.2, 0.25) is 0 Å². The van der Waals surface area contributed by atoms with Gasteiger partial charge in [0.05, 0.1) is 18.2 Å². The lowest BCUT2D eigenvalue weighted by atomic mass is 10.0. The Balaban J connectivity index is 1.91. The number of ether oxygens (including phenoxy) is 2. The Morgan fingerprint density at radius 1 is 1.03 bits per heavy atom. The van der Waals surface area contributed by atoms with Gasteiger partial charge in [0.25, 0.3) is 11.8 Å². The number of fused-ring (bicyclic) bond motifs is 1. The zero-order valence-electron chi connectivity index (χ0n) is 17.5. The smallest absolute Gasteiger partial charge is 0.334 e. The fraction of sp³-hybridized carbons (Fsp3) is 0.292. The minimum absolute atomic E-state index is 0.0609. The third kappa shape index (κ3) is 4.13. The highest BCUT2D eigenvalue weighted by atomic mass is 16.6. The molecule has 30 heavy (non-hydrogen) atoms. The van der Waals surface area contributed by atoms with Crippen molar-refractivity contribution in [2.24, 2.45) is 5.92 Å². The van der Waals surface area contributed by atoms with Crippen LogP contribution in [0.3, 0.4) is 0 Å². The fourth-order valence-corrected chi connectivity index (χ4v) is 3.49. The average Bonchev–Trinajstić information content (AvgIpc) is 2.98. The van der Waals surface area contributed by atoms with Crippen molar-refractivity contribution in [1.29, 1.82) is 0 Å². The number of nitrogens with zero attached hydrogens (tertiary/aromatic N) is 1. The average molecular weight is 407 g/mol. The van der Waals surface area contributed by atoms with E-state index >= 15 is 0 Å². The Morgan fingerprint density at radius 2 is 1.67 bits per heavy atom. The van der Waals surface area contributed by atoms with Crippen LogP contribution in [0.5, 0.6) is 11.5 Å². The Hall–Kier alpha value is -3.41. The molecule has 0 bridgehead atoms. The fourth-order valence-electron chi connectivity index (χ4n) is 3.49. The van der Waals surface area contributed by atoms with Gasteiger partial charge in [-0.1, -0.05) is 44.2 Å². The van der Waals surface area contributed by atoms with Crippen LogP contribution in [-0.4, -0.2) is 35.8 Å². The molecular weight excluding hydrogens is 382 g/mol. The number of amides is 2. The lowest BCUT2D eigenvalue weighted by molar-refractivity contribution is -0.139. The second-order valence-corrected chi connectivity index (χ2v) is 7.50. The summed E-state index contributed by atoms with van der Waals surface area (Å²) in [5.41, 5.74) is 1.50. The number of imide groups is 1. The molecule has 0 spiro atoms. The third-order valence-electron chi connectivity index (χ3n) is 4.86. The predicted octanol–water partition coefficient (Wildman–Crippen LogP) is 4.34. The quantitative estimate of drug-likeness (QED) is 0.388. The van der Waals surface area contributed by atoms with Gasteiger partial charge in [-0.05, 0) is 49.1 Å². The molecule has 156 valence electrons. The molecule has 1 atom stereocenters. The van der Waals surface area contributed by atoms with Crippen LogP contribution in [0.1, 0.15) is 53.5 Å². The number of methoxy groups -OCH3 is 1. The molecule has 3 rings (SSSR count). The summed E-state index contributed by atoms with van der Waals surface area (Å²) in [4.78, 5) is 39.9. The predicted molar refractivity (Wildman–Crippen MR) is 114 cm³/mol. The van der Waals surface area contributed by atoms with E-state index in [4.69, 9.17) is 9.47 Å². The maximum atomic E-state index is 13.1. The molecule has 0 aliphatic carbocycles. The second kappa shape index (κ2) is 8.95. The van der Waals surface area contributed by atoms with E-state index in [1.165, 1.54) is 7.11 Å². The number of benzene rings is 2. The number of hydrogen-bond acceptors (Lipinski definition) is 5. The van der Waals surface area contributed by atoms with E-state index in [0.717, 1.165) is 10.5 Å². The van der Waals surface area contributed by atoms with Crippen molar-refractivity contribution in [3.63, 3.8) is 0 Å². The van der Waals surface area contributed by atoms with Gasteiger partial charge in [-0.2, -0.15) is 0 Å². The minimum atomic E-state index is -1.03. The van der Waals surface area contributed by atoms with Gasteiger partial charge in [-0.15, -0.1) is 0 Å². The van der Waals surface area contributed by atoms with Gasteiger partial charge in [-0.25, -0.2) is 4.79 Å². The lowest BCUT2D eigenvalue weighted by Gasteiger charge is -2.26. The van der Waals surface area contributed by atoms with Crippen molar-refractivity contribution in [2.75, 3.05) is 7.11 Å². The minimum Gasteiger partial charge on any atom is -0.493 e. The number of allylic oxidation sites excluding steroid dienone is 1. The maximum absolute atomic E-state index is 13.1. The molecule has 6 nitrogen and oxygen atoms in total. The van der Waals surface area contributed by atoms with E-state index in [9.17, 15) is 14.4 Å². The molecule has 0 radical (unpaired) electrons.